The summed E-state index contributed by atoms with van der Waals surface area (Å²) in [6.07, 6.45) is -1.59. The first kappa shape index (κ1) is 14.2. The maximum Gasteiger partial charge on any atom is 0.454 e. The standard InChI is InChI=1S/C11H12F3N5O/c1-7(2)19-9(15-6-17-19)5-18-4-8(3-16-18)10(20)11(12,13)14/h3-4,6-7H,5H2,1-2H3. The summed E-state index contributed by atoms with van der Waals surface area (Å²) in [6.45, 7) is 3.95. The van der Waals surface area contributed by atoms with Crippen molar-refractivity contribution in [3.63, 3.8) is 0 Å². The van der Waals surface area contributed by atoms with E-state index in [-0.39, 0.29) is 12.6 Å². The Bertz CT molecular complexity index is 614. The van der Waals surface area contributed by atoms with Crippen molar-refractivity contribution >= 4 is 5.78 Å². The van der Waals surface area contributed by atoms with Crippen molar-refractivity contribution in [3.8, 4) is 0 Å². The second-order valence-corrected chi connectivity index (χ2v) is 4.47. The predicted octanol–water partition coefficient (Wildman–Crippen LogP) is 1.85. The van der Waals surface area contributed by atoms with Crippen LogP contribution in [0.4, 0.5) is 13.2 Å². The van der Waals surface area contributed by atoms with Gasteiger partial charge in [0, 0.05) is 12.2 Å². The van der Waals surface area contributed by atoms with Crippen LogP contribution < -0.4 is 0 Å². The maximum atomic E-state index is 12.3. The van der Waals surface area contributed by atoms with E-state index in [0.717, 1.165) is 12.4 Å². The largest absolute Gasteiger partial charge is 0.454 e. The van der Waals surface area contributed by atoms with E-state index in [4.69, 9.17) is 0 Å². The lowest BCUT2D eigenvalue weighted by molar-refractivity contribution is -0.0885. The molecule has 9 heteroatoms. The van der Waals surface area contributed by atoms with Crippen LogP contribution in [0.5, 0.6) is 0 Å². The highest BCUT2D eigenvalue weighted by Gasteiger charge is 2.40. The van der Waals surface area contributed by atoms with Gasteiger partial charge >= 0.3 is 6.18 Å². The minimum Gasteiger partial charge on any atom is -0.284 e. The number of carbonyl (C=O) groups excluding carboxylic acids is 1. The van der Waals surface area contributed by atoms with Gasteiger partial charge in [0.15, 0.2) is 0 Å². The zero-order valence-corrected chi connectivity index (χ0v) is 10.8. The highest BCUT2D eigenvalue weighted by molar-refractivity contribution is 5.99. The van der Waals surface area contributed by atoms with E-state index >= 15 is 0 Å². The number of ketones is 1. The minimum atomic E-state index is -4.90. The third-order valence-electron chi connectivity index (χ3n) is 2.59. The fourth-order valence-corrected chi connectivity index (χ4v) is 1.69. The van der Waals surface area contributed by atoms with Gasteiger partial charge in [-0.3, -0.25) is 9.48 Å². The van der Waals surface area contributed by atoms with Crippen molar-refractivity contribution < 1.29 is 18.0 Å². The highest BCUT2D eigenvalue weighted by Crippen LogP contribution is 2.21. The topological polar surface area (TPSA) is 65.6 Å². The Morgan fingerprint density at radius 1 is 1.35 bits per heavy atom. The van der Waals surface area contributed by atoms with E-state index in [1.165, 1.54) is 11.0 Å². The first-order valence-electron chi connectivity index (χ1n) is 5.81. The molecule has 0 aromatic carbocycles. The number of alkyl halides is 3. The van der Waals surface area contributed by atoms with E-state index in [9.17, 15) is 18.0 Å². The Labute approximate surface area is 112 Å². The second kappa shape index (κ2) is 5.06. The molecule has 0 saturated heterocycles. The van der Waals surface area contributed by atoms with Gasteiger partial charge in [-0.1, -0.05) is 0 Å². The van der Waals surface area contributed by atoms with Gasteiger partial charge in [0.25, 0.3) is 5.78 Å². The quantitative estimate of drug-likeness (QED) is 0.805. The van der Waals surface area contributed by atoms with E-state index in [1.54, 1.807) is 4.68 Å². The van der Waals surface area contributed by atoms with E-state index in [1.807, 2.05) is 13.8 Å². The molecule has 2 heterocycles. The van der Waals surface area contributed by atoms with Crippen LogP contribution in [-0.4, -0.2) is 36.5 Å². The second-order valence-electron chi connectivity index (χ2n) is 4.47. The molecule has 0 unspecified atom stereocenters. The smallest absolute Gasteiger partial charge is 0.284 e. The molecule has 6 nitrogen and oxygen atoms in total. The molecule has 20 heavy (non-hydrogen) atoms. The lowest BCUT2D eigenvalue weighted by Crippen LogP contribution is -2.22. The van der Waals surface area contributed by atoms with Gasteiger partial charge in [-0.15, -0.1) is 0 Å². The number of halogens is 3. The molecule has 2 rings (SSSR count). The van der Waals surface area contributed by atoms with Crippen molar-refractivity contribution in [3.05, 3.63) is 30.1 Å². The number of aromatic nitrogens is 5. The summed E-state index contributed by atoms with van der Waals surface area (Å²) in [5.74, 6) is -1.36. The summed E-state index contributed by atoms with van der Waals surface area (Å²) >= 11 is 0. The number of hydrogen-bond donors (Lipinski definition) is 0. The Morgan fingerprint density at radius 2 is 2.05 bits per heavy atom. The number of Topliss-reactive ketones (excluding diaryl/α,β-unsaturated/α-hetero) is 1. The molecule has 0 radical (unpaired) electrons. The molecule has 0 aliphatic carbocycles. The first-order chi connectivity index (χ1) is 9.29. The van der Waals surface area contributed by atoms with E-state index < -0.39 is 17.5 Å². The van der Waals surface area contributed by atoms with E-state index in [2.05, 4.69) is 15.2 Å². The zero-order chi connectivity index (χ0) is 14.9. The molecule has 108 valence electrons. The average Bonchev–Trinajstić information content (AvgIpc) is 2.96. The average molecular weight is 287 g/mol. The molecule has 0 amide bonds. The van der Waals surface area contributed by atoms with Crippen LogP contribution >= 0.6 is 0 Å². The van der Waals surface area contributed by atoms with Crippen LogP contribution in [0.3, 0.4) is 0 Å². The number of carbonyl (C=O) groups is 1. The number of rotatable bonds is 4. The highest BCUT2D eigenvalue weighted by atomic mass is 19.4. The molecule has 2 aromatic rings. The fraction of sp³-hybridized carbons (Fsp3) is 0.455. The summed E-state index contributed by atoms with van der Waals surface area (Å²) in [6, 6.07) is 0.0688. The summed E-state index contributed by atoms with van der Waals surface area (Å²) < 4.78 is 39.7. The molecule has 0 saturated carbocycles. The van der Waals surface area contributed by atoms with Gasteiger partial charge in [0.1, 0.15) is 18.7 Å². The van der Waals surface area contributed by atoms with Crippen LogP contribution in [0, 0.1) is 0 Å². The van der Waals surface area contributed by atoms with Gasteiger partial charge in [-0.2, -0.15) is 23.4 Å². The Hall–Kier alpha value is -2.19. The van der Waals surface area contributed by atoms with Gasteiger partial charge in [-0.05, 0) is 13.8 Å². The predicted molar refractivity (Wildman–Crippen MR) is 62.1 cm³/mol. The van der Waals surface area contributed by atoms with Gasteiger partial charge < -0.3 is 0 Å². The molecular weight excluding hydrogens is 275 g/mol. The Kier molecular flexibility index (Phi) is 3.60. The molecule has 0 atom stereocenters. The summed E-state index contributed by atoms with van der Waals surface area (Å²) in [5.41, 5.74) is -0.492. The maximum absolute atomic E-state index is 12.3. The van der Waals surface area contributed by atoms with Crippen molar-refractivity contribution in [1.82, 2.24) is 24.5 Å². The van der Waals surface area contributed by atoms with Crippen LogP contribution in [0.1, 0.15) is 36.1 Å². The third-order valence-corrected chi connectivity index (χ3v) is 2.59. The Morgan fingerprint density at radius 3 is 2.65 bits per heavy atom. The van der Waals surface area contributed by atoms with Crippen LogP contribution in [-0.2, 0) is 6.54 Å². The van der Waals surface area contributed by atoms with E-state index in [0.29, 0.717) is 5.82 Å². The molecule has 0 spiro atoms. The lowest BCUT2D eigenvalue weighted by atomic mass is 10.2. The summed E-state index contributed by atoms with van der Waals surface area (Å²) in [7, 11) is 0. The van der Waals surface area contributed by atoms with Crippen LogP contribution in [0.15, 0.2) is 18.7 Å². The first-order valence-corrected chi connectivity index (χ1v) is 5.81. The van der Waals surface area contributed by atoms with Crippen molar-refractivity contribution in [1.29, 1.82) is 0 Å². The number of nitrogens with zero attached hydrogens (tertiary/aromatic N) is 5. The molecule has 0 N–H and O–H groups in total. The van der Waals surface area contributed by atoms with Crippen molar-refractivity contribution in [2.75, 3.05) is 0 Å². The summed E-state index contributed by atoms with van der Waals surface area (Å²) in [4.78, 5) is 15.1. The fourth-order valence-electron chi connectivity index (χ4n) is 1.69. The SMILES string of the molecule is CC(C)n1ncnc1Cn1cc(C(=O)C(F)(F)F)cn1. The normalized spacial score (nSPS) is 12.1. The van der Waals surface area contributed by atoms with Gasteiger partial charge in [0.2, 0.25) is 0 Å². The minimum absolute atomic E-state index is 0.0688. The third kappa shape index (κ3) is 2.86. The molecule has 0 aliphatic heterocycles. The molecule has 0 bridgehead atoms. The monoisotopic (exact) mass is 287 g/mol. The molecule has 2 aromatic heterocycles. The number of hydrogen-bond acceptors (Lipinski definition) is 4. The van der Waals surface area contributed by atoms with Crippen molar-refractivity contribution in [2.24, 2.45) is 0 Å². The summed E-state index contributed by atoms with van der Waals surface area (Å²) in [5, 5.41) is 7.75. The van der Waals surface area contributed by atoms with Gasteiger partial charge in [0.05, 0.1) is 11.8 Å². The lowest BCUT2D eigenvalue weighted by Gasteiger charge is -2.09. The van der Waals surface area contributed by atoms with Crippen molar-refractivity contribution in [2.45, 2.75) is 32.6 Å². The Balaban J connectivity index is 2.18. The zero-order valence-electron chi connectivity index (χ0n) is 10.8. The molecule has 0 fully saturated rings. The molecule has 0 aliphatic rings. The van der Waals surface area contributed by atoms with Crippen LogP contribution in [0.25, 0.3) is 0 Å². The van der Waals surface area contributed by atoms with Gasteiger partial charge in [-0.25, -0.2) is 9.67 Å². The molecular formula is C11H12F3N5O. The van der Waals surface area contributed by atoms with Crippen LogP contribution in [0.2, 0.25) is 0 Å².